The summed E-state index contributed by atoms with van der Waals surface area (Å²) in [6.45, 7) is 8.37. The van der Waals surface area contributed by atoms with Crippen molar-refractivity contribution < 1.29 is 9.53 Å². The molecule has 0 unspecified atom stereocenters. The van der Waals surface area contributed by atoms with Gasteiger partial charge >= 0.3 is 0 Å². The number of amides is 1. The second-order valence-electron chi connectivity index (χ2n) is 8.98. The van der Waals surface area contributed by atoms with Crippen LogP contribution in [0.2, 0.25) is 0 Å². The molecule has 1 amide bonds. The Kier molecular flexibility index (Phi) is 7.26. The molecule has 1 aromatic heterocycles. The molecule has 0 aliphatic rings. The quantitative estimate of drug-likeness (QED) is 0.325. The van der Waals surface area contributed by atoms with Crippen LogP contribution >= 0.6 is 0 Å². The Hall–Kier alpha value is -3.67. The second-order valence-corrected chi connectivity index (χ2v) is 8.98. The molecule has 1 heterocycles. The van der Waals surface area contributed by atoms with E-state index >= 15 is 0 Å². The zero-order chi connectivity index (χ0) is 24.1. The van der Waals surface area contributed by atoms with Crippen LogP contribution in [0.1, 0.15) is 56.2 Å². The average Bonchev–Trinajstić information content (AvgIpc) is 3.25. The number of hydrogen-bond donors (Lipinski definition) is 1. The maximum Gasteiger partial charge on any atom is 0.262 e. The number of unbranched alkanes of at least 4 members (excludes halogenated alkanes) is 1. The number of anilines is 1. The van der Waals surface area contributed by atoms with Crippen molar-refractivity contribution in [3.05, 3.63) is 77.4 Å². The van der Waals surface area contributed by atoms with Gasteiger partial charge < -0.3 is 10.1 Å². The van der Waals surface area contributed by atoms with Crippen LogP contribution in [0.5, 0.6) is 5.75 Å². The molecule has 0 spiro atoms. The van der Waals surface area contributed by atoms with Crippen LogP contribution in [0.15, 0.2) is 60.7 Å². The summed E-state index contributed by atoms with van der Waals surface area (Å²) in [6.07, 6.45) is 3.45. The molecule has 0 fully saturated rings. The van der Waals surface area contributed by atoms with E-state index in [9.17, 15) is 4.79 Å². The minimum Gasteiger partial charge on any atom is -0.484 e. The topological polar surface area (TPSA) is 69.0 Å². The lowest BCUT2D eigenvalue weighted by Gasteiger charge is -2.10. The summed E-state index contributed by atoms with van der Waals surface area (Å²) < 4.78 is 5.65. The molecule has 4 aromatic rings. The van der Waals surface area contributed by atoms with Crippen molar-refractivity contribution in [3.63, 3.8) is 0 Å². The summed E-state index contributed by atoms with van der Waals surface area (Å²) >= 11 is 0. The zero-order valence-corrected chi connectivity index (χ0v) is 20.3. The standard InChI is InChI=1S/C28H32N4O2/c1-5-6-7-21-8-12-23(13-9-21)32-30-26-16-20(4)25(17-27(26)31-32)29-28(33)18-34-24-14-10-22(11-15-24)19(2)3/h8-17,19H,5-7,18H2,1-4H3,(H,29,33). The maximum absolute atomic E-state index is 12.5. The number of nitrogens with one attached hydrogen (secondary N) is 1. The normalized spacial score (nSPS) is 11.2. The molecular formula is C28H32N4O2. The lowest BCUT2D eigenvalue weighted by molar-refractivity contribution is -0.118. The van der Waals surface area contributed by atoms with Crippen LogP contribution in [0.3, 0.4) is 0 Å². The van der Waals surface area contributed by atoms with Gasteiger partial charge in [0.05, 0.1) is 5.69 Å². The van der Waals surface area contributed by atoms with E-state index in [1.807, 2.05) is 55.5 Å². The van der Waals surface area contributed by atoms with Crippen molar-refractivity contribution in [2.24, 2.45) is 0 Å². The highest BCUT2D eigenvalue weighted by molar-refractivity contribution is 5.95. The Morgan fingerprint density at radius 3 is 2.32 bits per heavy atom. The highest BCUT2D eigenvalue weighted by Gasteiger charge is 2.11. The molecule has 0 radical (unpaired) electrons. The number of benzene rings is 3. The molecule has 34 heavy (non-hydrogen) atoms. The smallest absolute Gasteiger partial charge is 0.262 e. The molecule has 4 rings (SSSR count). The molecule has 0 saturated heterocycles. The van der Waals surface area contributed by atoms with Gasteiger partial charge in [-0.2, -0.15) is 4.80 Å². The van der Waals surface area contributed by atoms with E-state index in [-0.39, 0.29) is 12.5 Å². The fourth-order valence-electron chi connectivity index (χ4n) is 3.78. The minimum atomic E-state index is -0.217. The summed E-state index contributed by atoms with van der Waals surface area (Å²) in [5.74, 6) is 0.916. The lowest BCUT2D eigenvalue weighted by Crippen LogP contribution is -2.20. The fraction of sp³-hybridized carbons (Fsp3) is 0.321. The Labute approximate surface area is 200 Å². The number of carbonyl (C=O) groups excluding carboxylic acids is 1. The van der Waals surface area contributed by atoms with Crippen LogP contribution in [-0.2, 0) is 11.2 Å². The predicted octanol–water partition coefficient (Wildman–Crippen LogP) is 6.21. The molecule has 1 N–H and O–H groups in total. The Bertz CT molecular complexity index is 1260. The van der Waals surface area contributed by atoms with E-state index < -0.39 is 0 Å². The van der Waals surface area contributed by atoms with E-state index in [2.05, 4.69) is 48.4 Å². The molecule has 176 valence electrons. The first-order chi connectivity index (χ1) is 16.4. The number of ether oxygens (including phenoxy) is 1. The van der Waals surface area contributed by atoms with Gasteiger partial charge in [-0.1, -0.05) is 51.5 Å². The first-order valence-corrected chi connectivity index (χ1v) is 11.9. The van der Waals surface area contributed by atoms with Crippen molar-refractivity contribution in [1.82, 2.24) is 15.0 Å². The molecule has 0 saturated carbocycles. The average molecular weight is 457 g/mol. The van der Waals surface area contributed by atoms with Crippen LogP contribution in [0.4, 0.5) is 5.69 Å². The summed E-state index contributed by atoms with van der Waals surface area (Å²) in [6, 6.07) is 20.0. The van der Waals surface area contributed by atoms with Gasteiger partial charge in [-0.25, -0.2) is 0 Å². The van der Waals surface area contributed by atoms with Crippen LogP contribution in [0, 0.1) is 6.92 Å². The monoisotopic (exact) mass is 456 g/mol. The zero-order valence-electron chi connectivity index (χ0n) is 20.3. The van der Waals surface area contributed by atoms with E-state index in [1.54, 1.807) is 4.80 Å². The molecule has 3 aromatic carbocycles. The second kappa shape index (κ2) is 10.5. The first-order valence-electron chi connectivity index (χ1n) is 11.9. The van der Waals surface area contributed by atoms with Crippen LogP contribution < -0.4 is 10.1 Å². The van der Waals surface area contributed by atoms with Crippen molar-refractivity contribution in [2.75, 3.05) is 11.9 Å². The van der Waals surface area contributed by atoms with Gasteiger partial charge in [0.15, 0.2) is 6.61 Å². The van der Waals surface area contributed by atoms with Gasteiger partial charge in [-0.15, -0.1) is 10.2 Å². The Balaban J connectivity index is 1.42. The molecular weight excluding hydrogens is 424 g/mol. The van der Waals surface area contributed by atoms with Crippen LogP contribution in [0.25, 0.3) is 16.7 Å². The third kappa shape index (κ3) is 5.63. The molecule has 0 aliphatic heterocycles. The SMILES string of the molecule is CCCCc1ccc(-n2nc3cc(C)c(NC(=O)COc4ccc(C(C)C)cc4)cc3n2)cc1. The Morgan fingerprint density at radius 2 is 1.68 bits per heavy atom. The molecule has 0 bridgehead atoms. The number of aromatic nitrogens is 3. The molecule has 0 aliphatic carbocycles. The number of fused-ring (bicyclic) bond motifs is 1. The van der Waals surface area contributed by atoms with E-state index in [0.717, 1.165) is 28.7 Å². The van der Waals surface area contributed by atoms with Crippen molar-refractivity contribution in [3.8, 4) is 11.4 Å². The van der Waals surface area contributed by atoms with Gasteiger partial charge in [0.25, 0.3) is 5.91 Å². The van der Waals surface area contributed by atoms with E-state index in [1.165, 1.54) is 24.0 Å². The van der Waals surface area contributed by atoms with Crippen molar-refractivity contribution in [1.29, 1.82) is 0 Å². The number of rotatable bonds is 9. The summed E-state index contributed by atoms with van der Waals surface area (Å²) in [7, 11) is 0. The minimum absolute atomic E-state index is 0.0599. The molecule has 6 nitrogen and oxygen atoms in total. The molecule has 6 heteroatoms. The van der Waals surface area contributed by atoms with E-state index in [0.29, 0.717) is 17.4 Å². The number of hydrogen-bond acceptors (Lipinski definition) is 4. The Morgan fingerprint density at radius 1 is 1.00 bits per heavy atom. The number of nitrogens with zero attached hydrogens (tertiary/aromatic N) is 3. The third-order valence-corrected chi connectivity index (χ3v) is 5.90. The van der Waals surface area contributed by atoms with Crippen LogP contribution in [-0.4, -0.2) is 27.5 Å². The van der Waals surface area contributed by atoms with Crippen molar-refractivity contribution >= 4 is 22.6 Å². The number of aryl methyl sites for hydroxylation is 2. The third-order valence-electron chi connectivity index (χ3n) is 5.90. The lowest BCUT2D eigenvalue weighted by atomic mass is 10.0. The van der Waals surface area contributed by atoms with Gasteiger partial charge in [0.2, 0.25) is 0 Å². The van der Waals surface area contributed by atoms with E-state index in [4.69, 9.17) is 4.74 Å². The van der Waals surface area contributed by atoms with Gasteiger partial charge in [-0.3, -0.25) is 4.79 Å². The summed E-state index contributed by atoms with van der Waals surface area (Å²) in [5, 5.41) is 12.2. The fourth-order valence-corrected chi connectivity index (χ4v) is 3.78. The summed E-state index contributed by atoms with van der Waals surface area (Å²) in [5.41, 5.74) is 6.61. The maximum atomic E-state index is 12.5. The van der Waals surface area contributed by atoms with Gasteiger partial charge in [0.1, 0.15) is 16.8 Å². The predicted molar refractivity (Wildman–Crippen MR) is 137 cm³/mol. The highest BCUT2D eigenvalue weighted by Crippen LogP contribution is 2.23. The van der Waals surface area contributed by atoms with Gasteiger partial charge in [0, 0.05) is 5.69 Å². The van der Waals surface area contributed by atoms with Crippen molar-refractivity contribution in [2.45, 2.75) is 52.9 Å². The highest BCUT2D eigenvalue weighted by atomic mass is 16.5. The molecule has 0 atom stereocenters. The number of carbonyl (C=O) groups is 1. The summed E-state index contributed by atoms with van der Waals surface area (Å²) in [4.78, 5) is 14.1. The first kappa shape index (κ1) is 23.5. The van der Waals surface area contributed by atoms with Gasteiger partial charge in [-0.05, 0) is 78.8 Å². The largest absolute Gasteiger partial charge is 0.484 e.